The van der Waals surface area contributed by atoms with Crippen LogP contribution in [0.1, 0.15) is 35.7 Å². The van der Waals surface area contributed by atoms with Crippen LogP contribution in [0, 0.1) is 0 Å². The Morgan fingerprint density at radius 3 is 2.30 bits per heavy atom. The highest BCUT2D eigenvalue weighted by Gasteiger charge is 2.48. The third kappa shape index (κ3) is 5.02. The van der Waals surface area contributed by atoms with Crippen LogP contribution in [0.4, 0.5) is 4.79 Å². The highest BCUT2D eigenvalue weighted by molar-refractivity contribution is 6.07. The lowest BCUT2D eigenvalue weighted by Gasteiger charge is -2.21. The van der Waals surface area contributed by atoms with Gasteiger partial charge < -0.3 is 10.6 Å². The van der Waals surface area contributed by atoms with Crippen LogP contribution in [-0.4, -0.2) is 40.8 Å². The molecular formula is C22H24N4O4. The van der Waals surface area contributed by atoms with E-state index in [4.69, 9.17) is 0 Å². The molecule has 0 aromatic heterocycles. The Morgan fingerprint density at radius 2 is 1.63 bits per heavy atom. The molecule has 0 saturated carbocycles. The van der Waals surface area contributed by atoms with Crippen molar-refractivity contribution in [2.45, 2.75) is 31.7 Å². The number of hydrogen-bond acceptors (Lipinski definition) is 4. The van der Waals surface area contributed by atoms with Gasteiger partial charge in [0.25, 0.3) is 11.8 Å². The van der Waals surface area contributed by atoms with Crippen molar-refractivity contribution in [3.8, 4) is 0 Å². The highest BCUT2D eigenvalue weighted by atomic mass is 16.2. The first-order valence-corrected chi connectivity index (χ1v) is 9.72. The predicted octanol–water partition coefficient (Wildman–Crippen LogP) is 1.78. The number of benzene rings is 2. The minimum atomic E-state index is -1.10. The van der Waals surface area contributed by atoms with E-state index in [0.29, 0.717) is 23.4 Å². The van der Waals surface area contributed by atoms with Gasteiger partial charge in [0.05, 0.1) is 0 Å². The average Bonchev–Trinajstić information content (AvgIpc) is 2.97. The number of hydrogen-bond donors (Lipinski definition) is 3. The number of imide groups is 1. The fraction of sp³-hybridized carbons (Fsp3) is 0.273. The monoisotopic (exact) mass is 408 g/mol. The van der Waals surface area contributed by atoms with Crippen LogP contribution < -0.4 is 16.1 Å². The maximum absolute atomic E-state index is 12.7. The number of carbonyl (C=O) groups is 4. The molecule has 8 heteroatoms. The molecule has 30 heavy (non-hydrogen) atoms. The zero-order valence-corrected chi connectivity index (χ0v) is 16.7. The molecule has 0 aliphatic carbocycles. The normalized spacial score (nSPS) is 18.1. The van der Waals surface area contributed by atoms with E-state index in [1.807, 2.05) is 30.3 Å². The Hall–Kier alpha value is -3.68. The van der Waals surface area contributed by atoms with Crippen molar-refractivity contribution >= 4 is 23.8 Å². The number of nitrogens with one attached hydrogen (secondary N) is 3. The average molecular weight is 408 g/mol. The Labute approximate surface area is 174 Å². The summed E-state index contributed by atoms with van der Waals surface area (Å²) < 4.78 is 0. The van der Waals surface area contributed by atoms with Gasteiger partial charge in [0, 0.05) is 18.5 Å². The van der Waals surface area contributed by atoms with E-state index >= 15 is 0 Å². The number of hydrazine groups is 1. The van der Waals surface area contributed by atoms with Crippen LogP contribution >= 0.6 is 0 Å². The Morgan fingerprint density at radius 1 is 1.00 bits per heavy atom. The van der Waals surface area contributed by atoms with Gasteiger partial charge in [-0.3, -0.25) is 19.8 Å². The van der Waals surface area contributed by atoms with E-state index in [1.165, 1.54) is 0 Å². The van der Waals surface area contributed by atoms with Gasteiger partial charge in [0.2, 0.25) is 5.91 Å². The Kier molecular flexibility index (Phi) is 6.46. The molecule has 0 bridgehead atoms. The van der Waals surface area contributed by atoms with Gasteiger partial charge in [0.1, 0.15) is 5.54 Å². The standard InChI is InChI=1S/C22H24N4O4/c1-22(14-12-16-8-4-2-5-9-16)20(29)26(21(30)24-22)25-18(27)13-15-23-19(28)17-10-6-3-7-11-17/h2-11H,12-15H2,1H3,(H,23,28)(H,24,30)(H,25,27). The summed E-state index contributed by atoms with van der Waals surface area (Å²) in [6, 6.07) is 17.6. The minimum absolute atomic E-state index is 0.0731. The molecule has 1 atom stereocenters. The third-order valence-electron chi connectivity index (χ3n) is 4.93. The summed E-state index contributed by atoms with van der Waals surface area (Å²) in [7, 11) is 0. The van der Waals surface area contributed by atoms with Gasteiger partial charge >= 0.3 is 6.03 Å². The molecule has 1 fully saturated rings. The van der Waals surface area contributed by atoms with Gasteiger partial charge in [-0.1, -0.05) is 48.5 Å². The lowest BCUT2D eigenvalue weighted by Crippen LogP contribution is -2.49. The van der Waals surface area contributed by atoms with Crippen LogP contribution in [-0.2, 0) is 16.0 Å². The maximum Gasteiger partial charge on any atom is 0.344 e. The van der Waals surface area contributed by atoms with Crippen molar-refractivity contribution in [2.24, 2.45) is 0 Å². The number of amides is 5. The number of carbonyl (C=O) groups excluding carboxylic acids is 4. The van der Waals surface area contributed by atoms with E-state index in [-0.39, 0.29) is 18.9 Å². The molecule has 5 amide bonds. The van der Waals surface area contributed by atoms with Crippen LogP contribution in [0.15, 0.2) is 60.7 Å². The number of rotatable bonds is 8. The summed E-state index contributed by atoms with van der Waals surface area (Å²) in [4.78, 5) is 49.1. The maximum atomic E-state index is 12.7. The highest BCUT2D eigenvalue weighted by Crippen LogP contribution is 2.22. The van der Waals surface area contributed by atoms with Gasteiger partial charge in [-0.2, -0.15) is 5.01 Å². The Balaban J connectivity index is 1.48. The largest absolute Gasteiger partial charge is 0.352 e. The fourth-order valence-corrected chi connectivity index (χ4v) is 3.16. The first kappa shape index (κ1) is 21.0. The first-order chi connectivity index (χ1) is 14.4. The molecule has 3 N–H and O–H groups in total. The van der Waals surface area contributed by atoms with Crippen LogP contribution in [0.5, 0.6) is 0 Å². The van der Waals surface area contributed by atoms with Gasteiger partial charge in [-0.15, -0.1) is 0 Å². The van der Waals surface area contributed by atoms with Gasteiger partial charge in [0.15, 0.2) is 0 Å². The number of urea groups is 1. The topological polar surface area (TPSA) is 108 Å². The summed E-state index contributed by atoms with van der Waals surface area (Å²) in [5, 5.41) is 6.00. The SMILES string of the molecule is CC1(CCc2ccccc2)NC(=O)N(NC(=O)CCNC(=O)c2ccccc2)C1=O. The molecular weight excluding hydrogens is 384 g/mol. The zero-order chi connectivity index (χ0) is 21.6. The summed E-state index contributed by atoms with van der Waals surface area (Å²) in [6.45, 7) is 1.72. The fourth-order valence-electron chi connectivity index (χ4n) is 3.16. The van der Waals surface area contributed by atoms with E-state index in [9.17, 15) is 19.2 Å². The smallest absolute Gasteiger partial charge is 0.344 e. The lowest BCUT2D eigenvalue weighted by molar-refractivity contribution is -0.138. The van der Waals surface area contributed by atoms with Crippen LogP contribution in [0.2, 0.25) is 0 Å². The van der Waals surface area contributed by atoms with Gasteiger partial charge in [-0.25, -0.2) is 4.79 Å². The molecule has 2 aromatic rings. The predicted molar refractivity (Wildman–Crippen MR) is 110 cm³/mol. The molecule has 2 aromatic carbocycles. The summed E-state index contributed by atoms with van der Waals surface area (Å²) in [5.74, 6) is -1.35. The van der Waals surface area contributed by atoms with Crippen molar-refractivity contribution in [2.75, 3.05) is 6.54 Å². The summed E-state index contributed by atoms with van der Waals surface area (Å²) in [6.07, 6.45) is 0.939. The quantitative estimate of drug-likeness (QED) is 0.579. The molecule has 1 saturated heterocycles. The number of nitrogens with zero attached hydrogens (tertiary/aromatic N) is 1. The summed E-state index contributed by atoms with van der Waals surface area (Å²) in [5.41, 5.74) is 2.77. The molecule has 1 heterocycles. The van der Waals surface area contributed by atoms with Crippen molar-refractivity contribution in [3.63, 3.8) is 0 Å². The molecule has 8 nitrogen and oxygen atoms in total. The minimum Gasteiger partial charge on any atom is -0.352 e. The van der Waals surface area contributed by atoms with Crippen molar-refractivity contribution in [1.29, 1.82) is 0 Å². The van der Waals surface area contributed by atoms with Crippen molar-refractivity contribution in [1.82, 2.24) is 21.1 Å². The van der Waals surface area contributed by atoms with E-state index in [1.54, 1.807) is 37.3 Å². The zero-order valence-electron chi connectivity index (χ0n) is 16.7. The van der Waals surface area contributed by atoms with Crippen molar-refractivity contribution in [3.05, 3.63) is 71.8 Å². The van der Waals surface area contributed by atoms with E-state index in [0.717, 1.165) is 5.56 Å². The molecule has 1 aliphatic heterocycles. The lowest BCUT2D eigenvalue weighted by atomic mass is 9.93. The van der Waals surface area contributed by atoms with E-state index < -0.39 is 23.4 Å². The first-order valence-electron chi connectivity index (χ1n) is 9.72. The second-order valence-electron chi connectivity index (χ2n) is 7.30. The second kappa shape index (κ2) is 9.21. The van der Waals surface area contributed by atoms with Crippen LogP contribution in [0.3, 0.4) is 0 Å². The van der Waals surface area contributed by atoms with Crippen molar-refractivity contribution < 1.29 is 19.2 Å². The number of aryl methyl sites for hydroxylation is 1. The molecule has 1 unspecified atom stereocenters. The summed E-state index contributed by atoms with van der Waals surface area (Å²) >= 11 is 0. The van der Waals surface area contributed by atoms with Crippen LogP contribution in [0.25, 0.3) is 0 Å². The molecule has 1 aliphatic rings. The van der Waals surface area contributed by atoms with Gasteiger partial charge in [-0.05, 0) is 37.5 Å². The molecule has 3 rings (SSSR count). The second-order valence-corrected chi connectivity index (χ2v) is 7.30. The van der Waals surface area contributed by atoms with E-state index in [2.05, 4.69) is 16.1 Å². The third-order valence-corrected chi connectivity index (χ3v) is 4.93. The molecule has 0 spiro atoms. The molecule has 0 radical (unpaired) electrons. The molecule has 156 valence electrons. The Bertz CT molecular complexity index is 933.